The van der Waals surface area contributed by atoms with Gasteiger partial charge in [0.15, 0.2) is 11.6 Å². The molecule has 0 spiro atoms. The molecule has 5 heteroatoms. The summed E-state index contributed by atoms with van der Waals surface area (Å²) >= 11 is 11.5. The number of Topliss-reactive ketones (excluding diaryl/α,β-unsaturated/α-hetero) is 2. The minimum absolute atomic E-state index is 0.167. The first-order valence-corrected chi connectivity index (χ1v) is 7.25. The quantitative estimate of drug-likeness (QED) is 0.753. The fourth-order valence-electron chi connectivity index (χ4n) is 1.95. The summed E-state index contributed by atoms with van der Waals surface area (Å²) in [6.07, 6.45) is -0.167. The summed E-state index contributed by atoms with van der Waals surface area (Å²) in [5.41, 5.74) is 0.786. The topological polar surface area (TPSA) is 57.9 Å². The molecule has 0 fully saturated rings. The van der Waals surface area contributed by atoms with Gasteiger partial charge in [-0.15, -0.1) is 0 Å². The SMILES string of the molecule is N#CC(CC(=O)c1ccc(Cl)cc1)C(=O)c1ccc(Cl)cc1. The minimum Gasteiger partial charge on any atom is -0.294 e. The van der Waals surface area contributed by atoms with Crippen LogP contribution in [0.4, 0.5) is 0 Å². The van der Waals surface area contributed by atoms with Crippen LogP contribution < -0.4 is 0 Å². The second-order valence-electron chi connectivity index (χ2n) is 4.69. The van der Waals surface area contributed by atoms with Crippen LogP contribution in [0.5, 0.6) is 0 Å². The zero-order chi connectivity index (χ0) is 16.1. The Balaban J connectivity index is 2.13. The van der Waals surface area contributed by atoms with Gasteiger partial charge in [-0.2, -0.15) is 5.26 Å². The molecule has 0 aliphatic heterocycles. The number of halogens is 2. The summed E-state index contributed by atoms with van der Waals surface area (Å²) in [6.45, 7) is 0. The van der Waals surface area contributed by atoms with E-state index in [4.69, 9.17) is 23.2 Å². The fraction of sp³-hybridized carbons (Fsp3) is 0.118. The highest BCUT2D eigenvalue weighted by molar-refractivity contribution is 6.31. The van der Waals surface area contributed by atoms with Gasteiger partial charge in [0.25, 0.3) is 0 Å². The Morgan fingerprint density at radius 2 is 1.36 bits per heavy atom. The van der Waals surface area contributed by atoms with Gasteiger partial charge >= 0.3 is 0 Å². The summed E-state index contributed by atoms with van der Waals surface area (Å²) in [5.74, 6) is -1.68. The molecular formula is C17H11Cl2NO2. The molecule has 0 N–H and O–H groups in total. The van der Waals surface area contributed by atoms with Crippen molar-refractivity contribution in [2.24, 2.45) is 5.92 Å². The molecule has 2 aromatic carbocycles. The Labute approximate surface area is 138 Å². The van der Waals surface area contributed by atoms with Crippen molar-refractivity contribution in [3.8, 4) is 6.07 Å². The standard InChI is InChI=1S/C17H11Cl2NO2/c18-14-5-1-11(2-6-14)16(21)9-13(10-20)17(22)12-3-7-15(19)8-4-12/h1-8,13H,9H2. The number of hydrogen-bond donors (Lipinski definition) is 0. The van der Waals surface area contributed by atoms with E-state index in [0.717, 1.165) is 0 Å². The van der Waals surface area contributed by atoms with Crippen LogP contribution >= 0.6 is 23.2 Å². The largest absolute Gasteiger partial charge is 0.294 e. The Morgan fingerprint density at radius 1 is 0.909 bits per heavy atom. The van der Waals surface area contributed by atoms with Crippen LogP contribution in [0.15, 0.2) is 48.5 Å². The van der Waals surface area contributed by atoms with Crippen LogP contribution in [0, 0.1) is 17.2 Å². The molecule has 0 saturated carbocycles. The van der Waals surface area contributed by atoms with Crippen molar-refractivity contribution >= 4 is 34.8 Å². The molecule has 0 aliphatic carbocycles. The third kappa shape index (κ3) is 3.94. The van der Waals surface area contributed by atoms with Crippen molar-refractivity contribution in [3.63, 3.8) is 0 Å². The van der Waals surface area contributed by atoms with Crippen molar-refractivity contribution in [2.75, 3.05) is 0 Å². The van der Waals surface area contributed by atoms with Gasteiger partial charge in [0.1, 0.15) is 5.92 Å². The van der Waals surface area contributed by atoms with Crippen LogP contribution in [0.2, 0.25) is 10.0 Å². The van der Waals surface area contributed by atoms with Gasteiger partial charge in [0, 0.05) is 27.6 Å². The lowest BCUT2D eigenvalue weighted by Crippen LogP contribution is -2.17. The lowest BCUT2D eigenvalue weighted by atomic mass is 9.92. The number of nitrogens with zero attached hydrogens (tertiary/aromatic N) is 1. The molecule has 0 amide bonds. The fourth-order valence-corrected chi connectivity index (χ4v) is 2.20. The third-order valence-corrected chi connectivity index (χ3v) is 3.66. The molecule has 3 nitrogen and oxygen atoms in total. The lowest BCUT2D eigenvalue weighted by molar-refractivity contribution is 0.0882. The highest BCUT2D eigenvalue weighted by Gasteiger charge is 2.23. The van der Waals surface area contributed by atoms with Crippen LogP contribution in [-0.4, -0.2) is 11.6 Å². The molecule has 1 unspecified atom stereocenters. The Morgan fingerprint density at radius 3 is 1.82 bits per heavy atom. The maximum absolute atomic E-state index is 12.3. The molecule has 0 bridgehead atoms. The number of carbonyl (C=O) groups excluding carboxylic acids is 2. The first-order valence-electron chi connectivity index (χ1n) is 6.49. The zero-order valence-electron chi connectivity index (χ0n) is 11.4. The van der Waals surface area contributed by atoms with Gasteiger partial charge in [-0.25, -0.2) is 0 Å². The number of carbonyl (C=O) groups is 2. The van der Waals surface area contributed by atoms with Crippen LogP contribution in [0.1, 0.15) is 27.1 Å². The smallest absolute Gasteiger partial charge is 0.180 e. The summed E-state index contributed by atoms with van der Waals surface area (Å²) in [7, 11) is 0. The minimum atomic E-state index is -1.02. The molecule has 2 aromatic rings. The van der Waals surface area contributed by atoms with Crippen molar-refractivity contribution in [3.05, 3.63) is 69.7 Å². The first kappa shape index (κ1) is 16.2. The monoisotopic (exact) mass is 331 g/mol. The number of rotatable bonds is 5. The van der Waals surface area contributed by atoms with Gasteiger partial charge in [0.05, 0.1) is 6.07 Å². The normalized spacial score (nSPS) is 11.5. The summed E-state index contributed by atoms with van der Waals surface area (Å²) in [4.78, 5) is 24.4. The molecule has 22 heavy (non-hydrogen) atoms. The lowest BCUT2D eigenvalue weighted by Gasteiger charge is -2.08. The number of ketones is 2. The van der Waals surface area contributed by atoms with E-state index in [9.17, 15) is 14.9 Å². The van der Waals surface area contributed by atoms with Crippen LogP contribution in [0.3, 0.4) is 0 Å². The van der Waals surface area contributed by atoms with E-state index in [1.54, 1.807) is 48.5 Å². The molecule has 0 radical (unpaired) electrons. The molecule has 110 valence electrons. The Bertz CT molecular complexity index is 731. The number of nitriles is 1. The van der Waals surface area contributed by atoms with E-state index in [1.807, 2.05) is 6.07 Å². The van der Waals surface area contributed by atoms with E-state index in [-0.39, 0.29) is 18.0 Å². The third-order valence-electron chi connectivity index (χ3n) is 3.16. The maximum atomic E-state index is 12.3. The predicted octanol–water partition coefficient (Wildman–Crippen LogP) is 4.59. The molecule has 0 saturated heterocycles. The molecular weight excluding hydrogens is 321 g/mol. The van der Waals surface area contributed by atoms with Gasteiger partial charge in [-0.1, -0.05) is 23.2 Å². The highest BCUT2D eigenvalue weighted by Crippen LogP contribution is 2.18. The molecule has 0 aromatic heterocycles. The first-order chi connectivity index (χ1) is 10.5. The van der Waals surface area contributed by atoms with Gasteiger partial charge in [-0.05, 0) is 48.5 Å². The summed E-state index contributed by atoms with van der Waals surface area (Å²) in [5, 5.41) is 10.2. The van der Waals surface area contributed by atoms with Gasteiger partial charge in [-0.3, -0.25) is 9.59 Å². The second-order valence-corrected chi connectivity index (χ2v) is 5.56. The highest BCUT2D eigenvalue weighted by atomic mass is 35.5. The number of benzene rings is 2. The molecule has 2 rings (SSSR count). The zero-order valence-corrected chi connectivity index (χ0v) is 12.9. The van der Waals surface area contributed by atoms with Crippen molar-refractivity contribution in [1.82, 2.24) is 0 Å². The van der Waals surface area contributed by atoms with Gasteiger partial charge in [0.2, 0.25) is 0 Å². The molecule has 0 heterocycles. The summed E-state index contributed by atoms with van der Waals surface area (Å²) in [6, 6.07) is 14.5. The molecule has 1 atom stereocenters. The van der Waals surface area contributed by atoms with E-state index in [1.165, 1.54) is 0 Å². The van der Waals surface area contributed by atoms with Crippen molar-refractivity contribution in [1.29, 1.82) is 5.26 Å². The van der Waals surface area contributed by atoms with E-state index < -0.39 is 5.92 Å². The predicted molar refractivity (Wildman–Crippen MR) is 85.3 cm³/mol. The maximum Gasteiger partial charge on any atom is 0.180 e. The molecule has 0 aliphatic rings. The average molecular weight is 332 g/mol. The van der Waals surface area contributed by atoms with E-state index in [0.29, 0.717) is 21.2 Å². The van der Waals surface area contributed by atoms with Crippen LogP contribution in [0.25, 0.3) is 0 Å². The Hall–Kier alpha value is -2.15. The summed E-state index contributed by atoms with van der Waals surface area (Å²) < 4.78 is 0. The average Bonchev–Trinajstić information content (AvgIpc) is 2.53. The van der Waals surface area contributed by atoms with E-state index in [2.05, 4.69) is 0 Å². The van der Waals surface area contributed by atoms with Crippen LogP contribution in [-0.2, 0) is 0 Å². The van der Waals surface area contributed by atoms with Crippen molar-refractivity contribution < 1.29 is 9.59 Å². The second kappa shape index (κ2) is 7.22. The van der Waals surface area contributed by atoms with Crippen molar-refractivity contribution in [2.45, 2.75) is 6.42 Å². The Kier molecular flexibility index (Phi) is 5.32. The van der Waals surface area contributed by atoms with Gasteiger partial charge < -0.3 is 0 Å². The number of hydrogen-bond acceptors (Lipinski definition) is 3. The van der Waals surface area contributed by atoms with E-state index >= 15 is 0 Å².